The van der Waals surface area contributed by atoms with Gasteiger partial charge >= 0.3 is 0 Å². The second-order valence-electron chi connectivity index (χ2n) is 3.18. The van der Waals surface area contributed by atoms with Crippen molar-refractivity contribution in [1.29, 1.82) is 0 Å². The number of thiazole rings is 1. The number of nitrogens with zero attached hydrogens (tertiary/aromatic N) is 1. The number of para-hydroxylation sites is 1. The Morgan fingerprint density at radius 2 is 2.13 bits per heavy atom. The molecule has 1 heterocycles. The summed E-state index contributed by atoms with van der Waals surface area (Å²) in [6.07, 6.45) is 0.986. The summed E-state index contributed by atoms with van der Waals surface area (Å²) in [6.45, 7) is 2.12. The molecule has 0 radical (unpaired) electrons. The van der Waals surface area contributed by atoms with Gasteiger partial charge in [0.25, 0.3) is 0 Å². The lowest BCUT2D eigenvalue weighted by Crippen LogP contribution is -1.87. The zero-order valence-corrected chi connectivity index (χ0v) is 9.67. The summed E-state index contributed by atoms with van der Waals surface area (Å²) in [6, 6.07) is 7.96. The van der Waals surface area contributed by atoms with Crippen molar-refractivity contribution in [2.24, 2.45) is 0 Å². The molecule has 1 aromatic carbocycles. The summed E-state index contributed by atoms with van der Waals surface area (Å²) in [7, 11) is 1.69. The van der Waals surface area contributed by atoms with Crippen LogP contribution in [0.3, 0.4) is 0 Å². The van der Waals surface area contributed by atoms with Crippen molar-refractivity contribution in [3.8, 4) is 17.0 Å². The van der Waals surface area contributed by atoms with Crippen molar-refractivity contribution < 1.29 is 4.74 Å². The average molecular weight is 219 g/mol. The van der Waals surface area contributed by atoms with Crippen molar-refractivity contribution in [2.45, 2.75) is 13.3 Å². The lowest BCUT2D eigenvalue weighted by Gasteiger charge is -2.04. The Morgan fingerprint density at radius 3 is 2.80 bits per heavy atom. The number of hydrogen-bond acceptors (Lipinski definition) is 3. The quantitative estimate of drug-likeness (QED) is 0.789. The van der Waals surface area contributed by atoms with Gasteiger partial charge in [-0.3, -0.25) is 0 Å². The fraction of sp³-hybridized carbons (Fsp3) is 0.250. The van der Waals surface area contributed by atoms with Crippen LogP contribution in [0.2, 0.25) is 0 Å². The van der Waals surface area contributed by atoms with Gasteiger partial charge in [0.15, 0.2) is 0 Å². The van der Waals surface area contributed by atoms with Gasteiger partial charge in [0.1, 0.15) is 5.75 Å². The minimum Gasteiger partial charge on any atom is -0.496 e. The fourth-order valence-electron chi connectivity index (χ4n) is 1.45. The Balaban J connectivity index is 2.44. The second kappa shape index (κ2) is 4.45. The van der Waals surface area contributed by atoms with Crippen molar-refractivity contribution in [2.75, 3.05) is 7.11 Å². The maximum absolute atomic E-state index is 5.31. The van der Waals surface area contributed by atoms with E-state index < -0.39 is 0 Å². The van der Waals surface area contributed by atoms with Gasteiger partial charge in [-0.05, 0) is 18.6 Å². The predicted octanol–water partition coefficient (Wildman–Crippen LogP) is 3.38. The van der Waals surface area contributed by atoms with E-state index in [1.54, 1.807) is 18.4 Å². The van der Waals surface area contributed by atoms with E-state index in [-0.39, 0.29) is 0 Å². The third-order valence-corrected chi connectivity index (χ3v) is 3.23. The van der Waals surface area contributed by atoms with E-state index in [4.69, 9.17) is 4.74 Å². The molecule has 0 atom stereocenters. The summed E-state index contributed by atoms with van der Waals surface area (Å²) in [5, 5.41) is 3.24. The highest BCUT2D eigenvalue weighted by Crippen LogP contribution is 2.30. The summed E-state index contributed by atoms with van der Waals surface area (Å²) < 4.78 is 5.31. The van der Waals surface area contributed by atoms with Crippen LogP contribution in [0.1, 0.15) is 11.9 Å². The van der Waals surface area contributed by atoms with Crippen LogP contribution in [0.5, 0.6) is 5.75 Å². The highest BCUT2D eigenvalue weighted by Gasteiger charge is 2.07. The van der Waals surface area contributed by atoms with Crippen molar-refractivity contribution >= 4 is 11.3 Å². The Bertz CT molecular complexity index is 450. The van der Waals surface area contributed by atoms with E-state index >= 15 is 0 Å². The Kier molecular flexibility index (Phi) is 3.02. The SMILES string of the molecule is CCc1nc(-c2ccccc2OC)cs1. The van der Waals surface area contributed by atoms with E-state index in [9.17, 15) is 0 Å². The molecular formula is C12H13NOS. The standard InChI is InChI=1S/C12H13NOS/c1-3-12-13-10(8-15-12)9-6-4-5-7-11(9)14-2/h4-8H,3H2,1-2H3. The molecule has 0 fully saturated rings. The van der Waals surface area contributed by atoms with Crippen molar-refractivity contribution in [3.63, 3.8) is 0 Å². The van der Waals surface area contributed by atoms with Gasteiger partial charge in [-0.15, -0.1) is 11.3 Å². The monoisotopic (exact) mass is 219 g/mol. The van der Waals surface area contributed by atoms with Crippen LogP contribution in [-0.2, 0) is 6.42 Å². The molecule has 2 rings (SSSR count). The molecule has 78 valence electrons. The van der Waals surface area contributed by atoms with Gasteiger partial charge in [0, 0.05) is 10.9 Å². The minimum absolute atomic E-state index is 0.880. The molecule has 0 unspecified atom stereocenters. The Labute approximate surface area is 93.6 Å². The smallest absolute Gasteiger partial charge is 0.128 e. The maximum atomic E-state index is 5.31. The first-order valence-corrected chi connectivity index (χ1v) is 5.81. The van der Waals surface area contributed by atoms with E-state index in [0.717, 1.165) is 28.4 Å². The van der Waals surface area contributed by atoms with Crippen molar-refractivity contribution in [1.82, 2.24) is 4.98 Å². The van der Waals surface area contributed by atoms with E-state index in [1.807, 2.05) is 24.3 Å². The molecule has 3 heteroatoms. The fourth-order valence-corrected chi connectivity index (χ4v) is 2.20. The molecule has 15 heavy (non-hydrogen) atoms. The first kappa shape index (κ1) is 10.2. The number of rotatable bonds is 3. The predicted molar refractivity (Wildman–Crippen MR) is 63.5 cm³/mol. The molecule has 0 aliphatic heterocycles. The molecule has 1 aromatic heterocycles. The number of methoxy groups -OCH3 is 1. The van der Waals surface area contributed by atoms with Gasteiger partial charge in [0.05, 0.1) is 17.8 Å². The van der Waals surface area contributed by atoms with Crippen LogP contribution in [0.25, 0.3) is 11.3 Å². The molecule has 0 aliphatic carbocycles. The number of aromatic nitrogens is 1. The number of hydrogen-bond donors (Lipinski definition) is 0. The normalized spacial score (nSPS) is 10.3. The molecule has 0 aliphatic rings. The summed E-state index contributed by atoms with van der Waals surface area (Å²) >= 11 is 1.70. The van der Waals surface area contributed by atoms with Gasteiger partial charge in [-0.1, -0.05) is 19.1 Å². The molecule has 2 aromatic rings. The second-order valence-corrected chi connectivity index (χ2v) is 4.12. The van der Waals surface area contributed by atoms with Crippen LogP contribution in [0.4, 0.5) is 0 Å². The molecule has 0 N–H and O–H groups in total. The first-order chi connectivity index (χ1) is 7.35. The van der Waals surface area contributed by atoms with Crippen molar-refractivity contribution in [3.05, 3.63) is 34.7 Å². The highest BCUT2D eigenvalue weighted by atomic mass is 32.1. The van der Waals surface area contributed by atoms with Gasteiger partial charge in [0.2, 0.25) is 0 Å². The third-order valence-electron chi connectivity index (χ3n) is 2.24. The minimum atomic E-state index is 0.880. The summed E-state index contributed by atoms with van der Waals surface area (Å²) in [5.74, 6) is 0.880. The highest BCUT2D eigenvalue weighted by molar-refractivity contribution is 7.09. The summed E-state index contributed by atoms with van der Waals surface area (Å²) in [4.78, 5) is 4.55. The van der Waals surface area contributed by atoms with Crippen LogP contribution in [0, 0.1) is 0 Å². The van der Waals surface area contributed by atoms with Gasteiger partial charge in [-0.2, -0.15) is 0 Å². The molecule has 0 bridgehead atoms. The Hall–Kier alpha value is -1.35. The Morgan fingerprint density at radius 1 is 1.33 bits per heavy atom. The molecule has 0 spiro atoms. The summed E-state index contributed by atoms with van der Waals surface area (Å²) in [5.41, 5.74) is 2.07. The molecule has 2 nitrogen and oxygen atoms in total. The lowest BCUT2D eigenvalue weighted by molar-refractivity contribution is 0.416. The zero-order valence-electron chi connectivity index (χ0n) is 8.86. The van der Waals surface area contributed by atoms with Crippen LogP contribution >= 0.6 is 11.3 Å². The van der Waals surface area contributed by atoms with Gasteiger partial charge < -0.3 is 4.74 Å². The van der Waals surface area contributed by atoms with E-state index in [0.29, 0.717) is 0 Å². The molecular weight excluding hydrogens is 206 g/mol. The molecule has 0 saturated heterocycles. The lowest BCUT2D eigenvalue weighted by atomic mass is 10.1. The van der Waals surface area contributed by atoms with Crippen LogP contribution < -0.4 is 4.74 Å². The topological polar surface area (TPSA) is 22.1 Å². The zero-order chi connectivity index (χ0) is 10.7. The molecule has 0 saturated carbocycles. The third kappa shape index (κ3) is 2.02. The average Bonchev–Trinajstić information content (AvgIpc) is 2.77. The van der Waals surface area contributed by atoms with E-state index in [1.165, 1.54) is 0 Å². The van der Waals surface area contributed by atoms with Crippen LogP contribution in [-0.4, -0.2) is 12.1 Å². The van der Waals surface area contributed by atoms with Crippen LogP contribution in [0.15, 0.2) is 29.6 Å². The maximum Gasteiger partial charge on any atom is 0.128 e. The number of aryl methyl sites for hydroxylation is 1. The molecule has 0 amide bonds. The van der Waals surface area contributed by atoms with Gasteiger partial charge in [-0.25, -0.2) is 4.98 Å². The number of ether oxygens (including phenoxy) is 1. The number of benzene rings is 1. The first-order valence-electron chi connectivity index (χ1n) is 4.93. The van der Waals surface area contributed by atoms with E-state index in [2.05, 4.69) is 17.3 Å². The largest absolute Gasteiger partial charge is 0.496 e.